The topological polar surface area (TPSA) is 96.9 Å². The summed E-state index contributed by atoms with van der Waals surface area (Å²) in [5, 5.41) is 7.27. The van der Waals surface area contributed by atoms with Gasteiger partial charge in [0.05, 0.1) is 28.1 Å². The molecule has 2 amide bonds. The summed E-state index contributed by atoms with van der Waals surface area (Å²) in [6.07, 6.45) is 0. The average Bonchev–Trinajstić information content (AvgIpc) is 3.16. The summed E-state index contributed by atoms with van der Waals surface area (Å²) >= 11 is 1.19. The van der Waals surface area contributed by atoms with E-state index >= 15 is 0 Å². The summed E-state index contributed by atoms with van der Waals surface area (Å²) in [7, 11) is 0. The quantitative estimate of drug-likeness (QED) is 0.483. The number of aromatic nitrogens is 3. The van der Waals surface area contributed by atoms with E-state index in [1.165, 1.54) is 30.4 Å². The summed E-state index contributed by atoms with van der Waals surface area (Å²) in [5.74, 6) is -1.15. The van der Waals surface area contributed by atoms with Crippen molar-refractivity contribution < 1.29 is 14.0 Å². The summed E-state index contributed by atoms with van der Waals surface area (Å²) in [5.41, 5.74) is 4.46. The minimum Gasteiger partial charge on any atom is -0.326 e. The molecule has 156 valence electrons. The molecule has 0 bridgehead atoms. The van der Waals surface area contributed by atoms with Gasteiger partial charge in [0.1, 0.15) is 5.82 Å². The van der Waals surface area contributed by atoms with E-state index in [0.29, 0.717) is 27.6 Å². The van der Waals surface area contributed by atoms with Crippen LogP contribution in [-0.4, -0.2) is 26.8 Å². The van der Waals surface area contributed by atoms with Crippen molar-refractivity contribution in [3.63, 3.8) is 0 Å². The molecule has 2 N–H and O–H groups in total. The number of anilines is 2. The fraction of sp³-hybridized carbons (Fsp3) is 0.136. The molecule has 9 heteroatoms. The van der Waals surface area contributed by atoms with E-state index in [1.807, 2.05) is 13.8 Å². The van der Waals surface area contributed by atoms with Crippen molar-refractivity contribution in [2.45, 2.75) is 20.8 Å². The SMILES string of the molecule is CC(=O)Nc1ccc(-c2csc(NC(=O)c3ccc4nc(C)c(C)nc4c3)n2)c(F)c1. The van der Waals surface area contributed by atoms with Gasteiger partial charge in [-0.15, -0.1) is 11.3 Å². The highest BCUT2D eigenvalue weighted by molar-refractivity contribution is 7.14. The Labute approximate surface area is 181 Å². The molecule has 0 atom stereocenters. The molecule has 0 spiro atoms. The maximum Gasteiger partial charge on any atom is 0.257 e. The van der Waals surface area contributed by atoms with Crippen LogP contribution >= 0.6 is 11.3 Å². The van der Waals surface area contributed by atoms with Crippen LogP contribution in [0.25, 0.3) is 22.3 Å². The number of halogens is 1. The Morgan fingerprint density at radius 3 is 2.39 bits per heavy atom. The van der Waals surface area contributed by atoms with E-state index in [4.69, 9.17) is 0 Å². The molecule has 0 unspecified atom stereocenters. The first-order valence-corrected chi connectivity index (χ1v) is 10.3. The molecular weight excluding hydrogens is 417 g/mol. The fourth-order valence-electron chi connectivity index (χ4n) is 3.00. The first kappa shape index (κ1) is 20.5. The van der Waals surface area contributed by atoms with Crippen molar-refractivity contribution in [2.24, 2.45) is 0 Å². The van der Waals surface area contributed by atoms with Crippen LogP contribution in [0, 0.1) is 19.7 Å². The summed E-state index contributed by atoms with van der Waals surface area (Å²) < 4.78 is 14.4. The number of fused-ring (bicyclic) bond motifs is 1. The Morgan fingerprint density at radius 1 is 0.935 bits per heavy atom. The van der Waals surface area contributed by atoms with Gasteiger partial charge in [0, 0.05) is 29.1 Å². The second kappa shape index (κ2) is 8.19. The highest BCUT2D eigenvalue weighted by atomic mass is 32.1. The highest BCUT2D eigenvalue weighted by Crippen LogP contribution is 2.29. The van der Waals surface area contributed by atoms with Gasteiger partial charge < -0.3 is 5.32 Å². The van der Waals surface area contributed by atoms with E-state index in [0.717, 1.165) is 16.9 Å². The normalized spacial score (nSPS) is 10.8. The van der Waals surface area contributed by atoms with E-state index in [1.54, 1.807) is 29.6 Å². The number of hydrogen-bond donors (Lipinski definition) is 2. The average molecular weight is 435 g/mol. The lowest BCUT2D eigenvalue weighted by Crippen LogP contribution is -2.12. The molecule has 2 heterocycles. The predicted molar refractivity (Wildman–Crippen MR) is 119 cm³/mol. The van der Waals surface area contributed by atoms with Crippen molar-refractivity contribution >= 4 is 45.0 Å². The Morgan fingerprint density at radius 2 is 1.68 bits per heavy atom. The van der Waals surface area contributed by atoms with Crippen molar-refractivity contribution in [1.82, 2.24) is 15.0 Å². The lowest BCUT2D eigenvalue weighted by Gasteiger charge is -2.06. The van der Waals surface area contributed by atoms with Gasteiger partial charge in [0.15, 0.2) is 5.13 Å². The van der Waals surface area contributed by atoms with Crippen molar-refractivity contribution in [2.75, 3.05) is 10.6 Å². The minimum absolute atomic E-state index is 0.276. The van der Waals surface area contributed by atoms with E-state index < -0.39 is 5.82 Å². The summed E-state index contributed by atoms with van der Waals surface area (Å²) in [6.45, 7) is 5.11. The second-order valence-electron chi connectivity index (χ2n) is 6.97. The first-order valence-electron chi connectivity index (χ1n) is 9.39. The molecule has 2 aromatic heterocycles. The zero-order chi connectivity index (χ0) is 22.1. The number of thiazole rings is 1. The van der Waals surface area contributed by atoms with Crippen LogP contribution in [0.3, 0.4) is 0 Å². The van der Waals surface area contributed by atoms with Crippen molar-refractivity contribution in [3.05, 3.63) is 64.5 Å². The van der Waals surface area contributed by atoms with Gasteiger partial charge in [-0.2, -0.15) is 0 Å². The largest absolute Gasteiger partial charge is 0.326 e. The third kappa shape index (κ3) is 4.41. The molecular formula is C22H18FN5O2S. The molecule has 0 aliphatic rings. The Balaban J connectivity index is 1.54. The Bertz CT molecular complexity index is 1330. The van der Waals surface area contributed by atoms with Gasteiger partial charge in [-0.05, 0) is 50.2 Å². The lowest BCUT2D eigenvalue weighted by molar-refractivity contribution is -0.114. The predicted octanol–water partition coefficient (Wildman–Crippen LogP) is 4.72. The maximum atomic E-state index is 14.4. The number of hydrogen-bond acceptors (Lipinski definition) is 6. The number of benzene rings is 2. The van der Waals surface area contributed by atoms with Crippen LogP contribution in [0.5, 0.6) is 0 Å². The second-order valence-corrected chi connectivity index (χ2v) is 7.82. The van der Waals surface area contributed by atoms with E-state index in [2.05, 4.69) is 25.6 Å². The van der Waals surface area contributed by atoms with E-state index in [9.17, 15) is 14.0 Å². The van der Waals surface area contributed by atoms with Crippen LogP contribution in [-0.2, 0) is 4.79 Å². The van der Waals surface area contributed by atoms with Crippen LogP contribution in [0.4, 0.5) is 15.2 Å². The maximum absolute atomic E-state index is 14.4. The minimum atomic E-state index is -0.520. The molecule has 2 aromatic carbocycles. The number of nitrogens with zero attached hydrogens (tertiary/aromatic N) is 3. The van der Waals surface area contributed by atoms with Crippen LogP contribution in [0.15, 0.2) is 41.8 Å². The van der Waals surface area contributed by atoms with Gasteiger partial charge in [0.2, 0.25) is 5.91 Å². The molecule has 0 saturated carbocycles. The van der Waals surface area contributed by atoms with E-state index in [-0.39, 0.29) is 17.4 Å². The van der Waals surface area contributed by atoms with Gasteiger partial charge in [-0.25, -0.2) is 19.3 Å². The third-order valence-corrected chi connectivity index (χ3v) is 5.39. The number of carbonyl (C=O) groups excluding carboxylic acids is 2. The number of nitrogens with one attached hydrogen (secondary N) is 2. The molecule has 4 aromatic rings. The van der Waals surface area contributed by atoms with Crippen LogP contribution in [0.1, 0.15) is 28.7 Å². The molecule has 4 rings (SSSR count). The number of rotatable bonds is 4. The van der Waals surface area contributed by atoms with Gasteiger partial charge in [-0.3, -0.25) is 14.9 Å². The molecule has 0 saturated heterocycles. The summed E-state index contributed by atoms with van der Waals surface area (Å²) in [6, 6.07) is 9.47. The van der Waals surface area contributed by atoms with Gasteiger partial charge in [0.25, 0.3) is 5.91 Å². The first-order chi connectivity index (χ1) is 14.8. The highest BCUT2D eigenvalue weighted by Gasteiger charge is 2.14. The zero-order valence-corrected chi connectivity index (χ0v) is 17.8. The monoisotopic (exact) mass is 435 g/mol. The number of carbonyl (C=O) groups is 2. The van der Waals surface area contributed by atoms with Gasteiger partial charge >= 0.3 is 0 Å². The number of amides is 2. The molecule has 0 aliphatic heterocycles. The van der Waals surface area contributed by atoms with Gasteiger partial charge in [-0.1, -0.05) is 0 Å². The Hall–Kier alpha value is -3.72. The standard InChI is InChI=1S/C22H18FN5O2S/c1-11-12(2)25-19-8-14(4-7-18(19)24-11)21(30)28-22-27-20(10-31-22)16-6-5-15(9-17(16)23)26-13(3)29/h4-10H,1-3H3,(H,26,29)(H,27,28,30). The number of aryl methyl sites for hydroxylation is 2. The molecule has 31 heavy (non-hydrogen) atoms. The smallest absolute Gasteiger partial charge is 0.257 e. The zero-order valence-electron chi connectivity index (χ0n) is 17.0. The lowest BCUT2D eigenvalue weighted by atomic mass is 10.1. The summed E-state index contributed by atoms with van der Waals surface area (Å²) in [4.78, 5) is 37.0. The third-order valence-electron chi connectivity index (χ3n) is 4.63. The van der Waals surface area contributed by atoms with Crippen molar-refractivity contribution in [1.29, 1.82) is 0 Å². The van der Waals surface area contributed by atoms with Crippen LogP contribution in [0.2, 0.25) is 0 Å². The molecule has 7 nitrogen and oxygen atoms in total. The fourth-order valence-corrected chi connectivity index (χ4v) is 3.71. The van der Waals surface area contributed by atoms with Crippen LogP contribution < -0.4 is 10.6 Å². The van der Waals surface area contributed by atoms with Crippen molar-refractivity contribution in [3.8, 4) is 11.3 Å². The molecule has 0 aliphatic carbocycles. The molecule has 0 fully saturated rings. The molecule has 0 radical (unpaired) electrons. The Kier molecular flexibility index (Phi) is 5.43.